The van der Waals surface area contributed by atoms with Gasteiger partial charge in [0.25, 0.3) is 5.91 Å². The van der Waals surface area contributed by atoms with E-state index in [9.17, 15) is 4.79 Å². The summed E-state index contributed by atoms with van der Waals surface area (Å²) in [5, 5.41) is 3.78. The van der Waals surface area contributed by atoms with Crippen molar-refractivity contribution in [3.05, 3.63) is 51.5 Å². The Morgan fingerprint density at radius 1 is 1.45 bits per heavy atom. The number of hydrazone groups is 1. The van der Waals surface area contributed by atoms with Crippen LogP contribution >= 0.6 is 22.6 Å². The fraction of sp³-hybridized carbons (Fsp3) is 0.143. The average Bonchev–Trinajstić information content (AvgIpc) is 2.82. The molecule has 0 aliphatic carbocycles. The second-order valence-corrected chi connectivity index (χ2v) is 5.10. The molecule has 0 bridgehead atoms. The number of benzene rings is 1. The quantitative estimate of drug-likeness (QED) is 0.490. The van der Waals surface area contributed by atoms with Crippen molar-refractivity contribution < 1.29 is 13.9 Å². The average molecular weight is 384 g/mol. The highest BCUT2D eigenvalue weighted by molar-refractivity contribution is 14.1. The molecule has 104 valence electrons. The number of carbonyl (C=O) groups is 1. The van der Waals surface area contributed by atoms with Crippen LogP contribution in [0.1, 0.15) is 11.3 Å². The molecule has 0 aliphatic heterocycles. The van der Waals surface area contributed by atoms with E-state index < -0.39 is 0 Å². The topological polar surface area (TPSA) is 63.8 Å². The lowest BCUT2D eigenvalue weighted by Gasteiger charge is -2.05. The SMILES string of the molecule is Cc1cccc(OCC(=O)NN=Cc2ccc(I)o2)c1. The van der Waals surface area contributed by atoms with E-state index in [1.165, 1.54) is 6.21 Å². The molecule has 5 nitrogen and oxygen atoms in total. The number of furan rings is 1. The van der Waals surface area contributed by atoms with Crippen molar-refractivity contribution in [3.63, 3.8) is 0 Å². The molecular formula is C14H13IN2O3. The van der Waals surface area contributed by atoms with Gasteiger partial charge < -0.3 is 9.15 Å². The number of hydrogen-bond acceptors (Lipinski definition) is 4. The first kappa shape index (κ1) is 14.6. The van der Waals surface area contributed by atoms with Gasteiger partial charge in [0.2, 0.25) is 0 Å². The molecule has 0 radical (unpaired) electrons. The van der Waals surface area contributed by atoms with Crippen molar-refractivity contribution in [2.45, 2.75) is 6.92 Å². The third-order valence-electron chi connectivity index (χ3n) is 2.33. The van der Waals surface area contributed by atoms with E-state index in [0.717, 1.165) is 9.33 Å². The molecule has 1 N–H and O–H groups in total. The number of nitrogens with zero attached hydrogens (tertiary/aromatic N) is 1. The van der Waals surface area contributed by atoms with Gasteiger partial charge in [-0.25, -0.2) is 5.43 Å². The van der Waals surface area contributed by atoms with Crippen LogP contribution in [-0.4, -0.2) is 18.7 Å². The Kier molecular flexibility index (Phi) is 5.16. The van der Waals surface area contributed by atoms with Gasteiger partial charge in [-0.1, -0.05) is 12.1 Å². The van der Waals surface area contributed by atoms with Crippen molar-refractivity contribution in [2.24, 2.45) is 5.10 Å². The Morgan fingerprint density at radius 3 is 3.00 bits per heavy atom. The number of amides is 1. The lowest BCUT2D eigenvalue weighted by atomic mass is 10.2. The van der Waals surface area contributed by atoms with E-state index in [1.54, 1.807) is 12.1 Å². The smallest absolute Gasteiger partial charge is 0.277 e. The van der Waals surface area contributed by atoms with Gasteiger partial charge in [-0.3, -0.25) is 4.79 Å². The van der Waals surface area contributed by atoms with Crippen molar-refractivity contribution >= 4 is 34.7 Å². The minimum Gasteiger partial charge on any atom is -0.484 e. The molecule has 2 rings (SSSR count). The summed E-state index contributed by atoms with van der Waals surface area (Å²) >= 11 is 2.05. The van der Waals surface area contributed by atoms with Gasteiger partial charge in [-0.2, -0.15) is 5.10 Å². The maximum Gasteiger partial charge on any atom is 0.277 e. The monoisotopic (exact) mass is 384 g/mol. The van der Waals surface area contributed by atoms with E-state index in [2.05, 4.69) is 33.1 Å². The second-order valence-electron chi connectivity index (χ2n) is 4.04. The number of ether oxygens (including phenoxy) is 1. The van der Waals surface area contributed by atoms with E-state index in [0.29, 0.717) is 11.5 Å². The molecule has 6 heteroatoms. The molecule has 0 saturated heterocycles. The number of halogens is 1. The maximum absolute atomic E-state index is 11.5. The third-order valence-corrected chi connectivity index (χ3v) is 2.91. The molecule has 1 amide bonds. The van der Waals surface area contributed by atoms with Gasteiger partial charge >= 0.3 is 0 Å². The largest absolute Gasteiger partial charge is 0.484 e. The summed E-state index contributed by atoms with van der Waals surface area (Å²) in [4.78, 5) is 11.5. The molecular weight excluding hydrogens is 371 g/mol. The summed E-state index contributed by atoms with van der Waals surface area (Å²) in [5.74, 6) is 0.906. The van der Waals surface area contributed by atoms with Crippen LogP contribution in [0.3, 0.4) is 0 Å². The zero-order valence-electron chi connectivity index (χ0n) is 10.8. The molecule has 20 heavy (non-hydrogen) atoms. The van der Waals surface area contributed by atoms with Crippen LogP contribution in [0.5, 0.6) is 5.75 Å². The van der Waals surface area contributed by atoms with Crippen LogP contribution in [-0.2, 0) is 4.79 Å². The summed E-state index contributed by atoms with van der Waals surface area (Å²) in [7, 11) is 0. The Balaban J connectivity index is 1.77. The van der Waals surface area contributed by atoms with Gasteiger partial charge in [0, 0.05) is 0 Å². The molecule has 0 fully saturated rings. The first-order chi connectivity index (χ1) is 9.63. The summed E-state index contributed by atoms with van der Waals surface area (Å²) < 4.78 is 11.4. The van der Waals surface area contributed by atoms with Crippen LogP contribution in [0.4, 0.5) is 0 Å². The molecule has 0 saturated carbocycles. The van der Waals surface area contributed by atoms with Crippen molar-refractivity contribution in [3.8, 4) is 5.75 Å². The molecule has 1 aromatic heterocycles. The number of rotatable bonds is 5. The summed E-state index contributed by atoms with van der Waals surface area (Å²) in [6, 6.07) is 11.1. The van der Waals surface area contributed by atoms with Gasteiger partial charge in [-0.15, -0.1) is 0 Å². The number of hydrogen-bond donors (Lipinski definition) is 1. The summed E-state index contributed by atoms with van der Waals surface area (Å²) in [5.41, 5.74) is 3.45. The zero-order chi connectivity index (χ0) is 14.4. The Hall–Kier alpha value is -1.83. The summed E-state index contributed by atoms with van der Waals surface area (Å²) in [6.07, 6.45) is 1.44. The molecule has 0 unspecified atom stereocenters. The zero-order valence-corrected chi connectivity index (χ0v) is 13.0. The van der Waals surface area contributed by atoms with Crippen LogP contribution in [0.25, 0.3) is 0 Å². The lowest BCUT2D eigenvalue weighted by molar-refractivity contribution is -0.123. The highest BCUT2D eigenvalue weighted by Gasteiger charge is 2.01. The fourth-order valence-corrected chi connectivity index (χ4v) is 1.89. The molecule has 1 heterocycles. The lowest BCUT2D eigenvalue weighted by Crippen LogP contribution is -2.24. The number of aryl methyl sites for hydroxylation is 1. The van der Waals surface area contributed by atoms with Crippen molar-refractivity contribution in [1.29, 1.82) is 0 Å². The maximum atomic E-state index is 11.5. The standard InChI is InChI=1S/C14H13IN2O3/c1-10-3-2-4-11(7-10)19-9-14(18)17-16-8-12-5-6-13(15)20-12/h2-8H,9H2,1H3,(H,17,18). The highest BCUT2D eigenvalue weighted by Crippen LogP contribution is 2.11. The van der Waals surface area contributed by atoms with Crippen LogP contribution in [0.2, 0.25) is 0 Å². The predicted octanol–water partition coefficient (Wildman–Crippen LogP) is 2.72. The Morgan fingerprint density at radius 2 is 2.30 bits per heavy atom. The van der Waals surface area contributed by atoms with Gasteiger partial charge in [0.15, 0.2) is 10.4 Å². The van der Waals surface area contributed by atoms with Gasteiger partial charge in [-0.05, 0) is 59.3 Å². The van der Waals surface area contributed by atoms with Gasteiger partial charge in [0.1, 0.15) is 11.5 Å². The number of carbonyl (C=O) groups excluding carboxylic acids is 1. The van der Waals surface area contributed by atoms with Crippen molar-refractivity contribution in [1.82, 2.24) is 5.43 Å². The summed E-state index contributed by atoms with van der Waals surface area (Å²) in [6.45, 7) is 1.87. The van der Waals surface area contributed by atoms with Crippen LogP contribution in [0.15, 0.2) is 45.9 Å². The molecule has 0 spiro atoms. The highest BCUT2D eigenvalue weighted by atomic mass is 127. The predicted molar refractivity (Wildman–Crippen MR) is 83.8 cm³/mol. The first-order valence-electron chi connectivity index (χ1n) is 5.90. The first-order valence-corrected chi connectivity index (χ1v) is 6.98. The minimum absolute atomic E-state index is 0.0868. The van der Waals surface area contributed by atoms with Crippen molar-refractivity contribution in [2.75, 3.05) is 6.61 Å². The van der Waals surface area contributed by atoms with Gasteiger partial charge in [0.05, 0.1) is 6.21 Å². The van der Waals surface area contributed by atoms with E-state index >= 15 is 0 Å². The second kappa shape index (κ2) is 7.09. The molecule has 2 aromatic rings. The fourth-order valence-electron chi connectivity index (χ4n) is 1.45. The van der Waals surface area contributed by atoms with E-state index in [-0.39, 0.29) is 12.5 Å². The third kappa shape index (κ3) is 4.69. The number of nitrogens with one attached hydrogen (secondary N) is 1. The Labute approximate surface area is 130 Å². The normalized spacial score (nSPS) is 10.7. The van der Waals surface area contributed by atoms with Crippen LogP contribution in [0, 0.1) is 10.7 Å². The molecule has 0 aliphatic rings. The molecule has 1 aromatic carbocycles. The molecule has 0 atom stereocenters. The van der Waals surface area contributed by atoms with E-state index in [4.69, 9.17) is 9.15 Å². The minimum atomic E-state index is -0.330. The Bertz CT molecular complexity index is 622. The van der Waals surface area contributed by atoms with Crippen LogP contribution < -0.4 is 10.2 Å². The van der Waals surface area contributed by atoms with E-state index in [1.807, 2.05) is 31.2 Å².